The van der Waals surface area contributed by atoms with Crippen LogP contribution < -0.4 is 5.32 Å². The first-order valence-corrected chi connectivity index (χ1v) is 8.88. The second-order valence-electron chi connectivity index (χ2n) is 5.47. The van der Waals surface area contributed by atoms with Crippen molar-refractivity contribution in [3.8, 4) is 0 Å². The minimum absolute atomic E-state index is 0.116. The molecule has 1 N–H and O–H groups in total. The van der Waals surface area contributed by atoms with E-state index in [1.54, 1.807) is 42.5 Å². The molecule has 0 aliphatic carbocycles. The maximum Gasteiger partial charge on any atom is 0.338 e. The molecule has 0 saturated heterocycles. The smallest absolute Gasteiger partial charge is 0.338 e. The van der Waals surface area contributed by atoms with Crippen LogP contribution in [-0.2, 0) is 9.53 Å². The Morgan fingerprint density at radius 1 is 1.16 bits per heavy atom. The van der Waals surface area contributed by atoms with Crippen molar-refractivity contribution in [3.63, 3.8) is 0 Å². The van der Waals surface area contributed by atoms with Crippen LogP contribution in [0, 0.1) is 0 Å². The monoisotopic (exact) mass is 375 g/mol. The molecule has 3 rings (SSSR count). The standard InChI is InChI=1S/C18H14ClNO4S/c1-10(17(22)11-2-5-13(19)6-3-11)24-18(23)12-4-7-15-14(8-12)20-16(21)9-25-15/h2-8,10H,9H2,1H3,(H,20,21). The maximum atomic E-state index is 12.3. The van der Waals surface area contributed by atoms with Gasteiger partial charge in [0.25, 0.3) is 0 Å². The fourth-order valence-corrected chi connectivity index (χ4v) is 3.26. The number of esters is 1. The predicted molar refractivity (Wildman–Crippen MR) is 96.5 cm³/mol. The van der Waals surface area contributed by atoms with Gasteiger partial charge in [0.05, 0.1) is 17.0 Å². The van der Waals surface area contributed by atoms with Gasteiger partial charge in [-0.2, -0.15) is 0 Å². The molecule has 0 aromatic heterocycles. The molecule has 1 aliphatic heterocycles. The highest BCUT2D eigenvalue weighted by atomic mass is 35.5. The van der Waals surface area contributed by atoms with E-state index in [0.29, 0.717) is 22.0 Å². The summed E-state index contributed by atoms with van der Waals surface area (Å²) in [5.41, 5.74) is 1.27. The fourth-order valence-electron chi connectivity index (χ4n) is 2.34. The lowest BCUT2D eigenvalue weighted by Gasteiger charge is -2.17. The van der Waals surface area contributed by atoms with Gasteiger partial charge in [-0.1, -0.05) is 11.6 Å². The first kappa shape index (κ1) is 17.5. The molecule has 2 aromatic rings. The van der Waals surface area contributed by atoms with Crippen LogP contribution in [0.1, 0.15) is 27.6 Å². The van der Waals surface area contributed by atoms with Crippen LogP contribution in [-0.4, -0.2) is 29.5 Å². The molecule has 128 valence electrons. The number of ketones is 1. The molecule has 0 saturated carbocycles. The molecular weight excluding hydrogens is 362 g/mol. The van der Waals surface area contributed by atoms with Gasteiger partial charge in [0.2, 0.25) is 11.7 Å². The van der Waals surface area contributed by atoms with E-state index >= 15 is 0 Å². The average Bonchev–Trinajstić information content (AvgIpc) is 2.61. The van der Waals surface area contributed by atoms with E-state index in [4.69, 9.17) is 16.3 Å². The Labute approximate surface area is 153 Å². The maximum absolute atomic E-state index is 12.3. The molecule has 0 bridgehead atoms. The van der Waals surface area contributed by atoms with Crippen molar-refractivity contribution >= 4 is 46.7 Å². The molecule has 1 amide bonds. The Morgan fingerprint density at radius 3 is 2.56 bits per heavy atom. The molecule has 1 heterocycles. The van der Waals surface area contributed by atoms with Gasteiger partial charge in [0.1, 0.15) is 0 Å². The zero-order chi connectivity index (χ0) is 18.0. The average molecular weight is 376 g/mol. The SMILES string of the molecule is CC(OC(=O)c1ccc2c(c1)NC(=O)CS2)C(=O)c1ccc(Cl)cc1. The van der Waals surface area contributed by atoms with Crippen LogP contribution in [0.5, 0.6) is 0 Å². The van der Waals surface area contributed by atoms with E-state index in [9.17, 15) is 14.4 Å². The van der Waals surface area contributed by atoms with Crippen molar-refractivity contribution in [1.82, 2.24) is 0 Å². The molecule has 5 nitrogen and oxygen atoms in total. The van der Waals surface area contributed by atoms with E-state index in [-0.39, 0.29) is 17.3 Å². The first-order chi connectivity index (χ1) is 11.9. The van der Waals surface area contributed by atoms with Crippen molar-refractivity contribution in [2.45, 2.75) is 17.9 Å². The normalized spacial score (nSPS) is 14.2. The van der Waals surface area contributed by atoms with Crippen molar-refractivity contribution in [3.05, 3.63) is 58.6 Å². The molecule has 0 radical (unpaired) electrons. The zero-order valence-electron chi connectivity index (χ0n) is 13.2. The number of amides is 1. The number of carbonyl (C=O) groups is 3. The molecule has 1 aliphatic rings. The number of ether oxygens (including phenoxy) is 1. The van der Waals surface area contributed by atoms with E-state index in [1.807, 2.05) is 0 Å². The largest absolute Gasteiger partial charge is 0.451 e. The number of thioether (sulfide) groups is 1. The minimum Gasteiger partial charge on any atom is -0.451 e. The van der Waals surface area contributed by atoms with Crippen molar-refractivity contribution < 1.29 is 19.1 Å². The van der Waals surface area contributed by atoms with E-state index in [0.717, 1.165) is 4.90 Å². The summed E-state index contributed by atoms with van der Waals surface area (Å²) < 4.78 is 5.26. The summed E-state index contributed by atoms with van der Waals surface area (Å²) in [5, 5.41) is 3.24. The van der Waals surface area contributed by atoms with Gasteiger partial charge in [-0.25, -0.2) is 4.79 Å². The molecule has 1 unspecified atom stereocenters. The van der Waals surface area contributed by atoms with Crippen molar-refractivity contribution in [1.29, 1.82) is 0 Å². The number of fused-ring (bicyclic) bond motifs is 1. The molecular formula is C18H14ClNO4S. The highest BCUT2D eigenvalue weighted by Crippen LogP contribution is 2.32. The predicted octanol–water partition coefficient (Wildman–Crippen LogP) is 3.81. The Hall–Kier alpha value is -2.31. The minimum atomic E-state index is -0.936. The number of halogens is 1. The molecule has 1 atom stereocenters. The third-order valence-corrected chi connectivity index (χ3v) is 4.96. The second-order valence-corrected chi connectivity index (χ2v) is 6.92. The quantitative estimate of drug-likeness (QED) is 0.649. The summed E-state index contributed by atoms with van der Waals surface area (Å²) in [4.78, 5) is 37.0. The van der Waals surface area contributed by atoms with Crippen LogP contribution in [0.15, 0.2) is 47.4 Å². The van der Waals surface area contributed by atoms with Gasteiger partial charge in [-0.3, -0.25) is 9.59 Å². The summed E-state index contributed by atoms with van der Waals surface area (Å²) >= 11 is 7.21. The van der Waals surface area contributed by atoms with Gasteiger partial charge in [-0.15, -0.1) is 11.8 Å². The van der Waals surface area contributed by atoms with Crippen LogP contribution in [0.25, 0.3) is 0 Å². The lowest BCUT2D eigenvalue weighted by atomic mass is 10.1. The number of hydrogen-bond acceptors (Lipinski definition) is 5. The Kier molecular flexibility index (Phi) is 5.11. The number of nitrogens with one attached hydrogen (secondary N) is 1. The summed E-state index contributed by atoms with van der Waals surface area (Å²) in [6.45, 7) is 1.52. The zero-order valence-corrected chi connectivity index (χ0v) is 14.8. The van der Waals surface area contributed by atoms with Crippen LogP contribution >= 0.6 is 23.4 Å². The van der Waals surface area contributed by atoms with Crippen LogP contribution in [0.3, 0.4) is 0 Å². The van der Waals surface area contributed by atoms with Gasteiger partial charge in [-0.05, 0) is 49.4 Å². The van der Waals surface area contributed by atoms with Crippen molar-refractivity contribution in [2.24, 2.45) is 0 Å². The van der Waals surface area contributed by atoms with E-state index < -0.39 is 12.1 Å². The third-order valence-electron chi connectivity index (χ3n) is 3.63. The Bertz CT molecular complexity index is 851. The number of carbonyl (C=O) groups excluding carboxylic acids is 3. The Morgan fingerprint density at radius 2 is 1.84 bits per heavy atom. The number of hydrogen-bond donors (Lipinski definition) is 1. The van der Waals surface area contributed by atoms with E-state index in [2.05, 4.69) is 5.32 Å². The van der Waals surface area contributed by atoms with Gasteiger partial charge >= 0.3 is 5.97 Å². The molecule has 0 spiro atoms. The summed E-state index contributed by atoms with van der Waals surface area (Å²) in [5.74, 6) is -0.702. The molecule has 0 fully saturated rings. The molecule has 7 heteroatoms. The summed E-state index contributed by atoms with van der Waals surface area (Å²) in [6, 6.07) is 11.3. The Balaban J connectivity index is 1.71. The lowest BCUT2D eigenvalue weighted by Crippen LogP contribution is -2.25. The van der Waals surface area contributed by atoms with Crippen LogP contribution in [0.4, 0.5) is 5.69 Å². The number of rotatable bonds is 4. The van der Waals surface area contributed by atoms with Gasteiger partial charge < -0.3 is 10.1 Å². The number of benzene rings is 2. The fraction of sp³-hybridized carbons (Fsp3) is 0.167. The van der Waals surface area contributed by atoms with Crippen molar-refractivity contribution in [2.75, 3.05) is 11.1 Å². The molecule has 25 heavy (non-hydrogen) atoms. The highest BCUT2D eigenvalue weighted by molar-refractivity contribution is 8.00. The van der Waals surface area contributed by atoms with Gasteiger partial charge in [0.15, 0.2) is 6.10 Å². The van der Waals surface area contributed by atoms with Gasteiger partial charge in [0, 0.05) is 15.5 Å². The topological polar surface area (TPSA) is 72.5 Å². The summed E-state index contributed by atoms with van der Waals surface area (Å²) in [6.07, 6.45) is -0.936. The second kappa shape index (κ2) is 7.29. The number of Topliss-reactive ketones (excluding diaryl/α,β-unsaturated/α-hetero) is 1. The summed E-state index contributed by atoms with van der Waals surface area (Å²) in [7, 11) is 0. The van der Waals surface area contributed by atoms with Crippen LogP contribution in [0.2, 0.25) is 5.02 Å². The first-order valence-electron chi connectivity index (χ1n) is 7.51. The highest BCUT2D eigenvalue weighted by Gasteiger charge is 2.22. The molecule has 2 aromatic carbocycles. The lowest BCUT2D eigenvalue weighted by molar-refractivity contribution is -0.113. The third kappa shape index (κ3) is 4.03. The number of anilines is 1. The van der Waals surface area contributed by atoms with E-state index in [1.165, 1.54) is 18.7 Å².